The highest BCUT2D eigenvalue weighted by molar-refractivity contribution is 5.37. The number of benzene rings is 1. The summed E-state index contributed by atoms with van der Waals surface area (Å²) in [6.45, 7) is 3.34. The van der Waals surface area contributed by atoms with E-state index in [0.29, 0.717) is 11.6 Å². The molecule has 0 radical (unpaired) electrons. The van der Waals surface area contributed by atoms with Gasteiger partial charge in [-0.15, -0.1) is 0 Å². The molecule has 110 valence electrons. The molecule has 0 amide bonds. The minimum atomic E-state index is 0.395. The molecule has 1 fully saturated rings. The smallest absolute Gasteiger partial charge is 0.0328 e. The van der Waals surface area contributed by atoms with E-state index in [9.17, 15) is 0 Å². The van der Waals surface area contributed by atoms with Gasteiger partial charge in [0, 0.05) is 18.1 Å². The number of rotatable bonds is 4. The number of nitrogens with one attached hydrogen (secondary N) is 1. The van der Waals surface area contributed by atoms with Crippen molar-refractivity contribution >= 4 is 0 Å². The molecule has 2 aliphatic rings. The molecular formula is C18H28N2. The van der Waals surface area contributed by atoms with E-state index in [1.165, 1.54) is 44.1 Å². The lowest BCUT2D eigenvalue weighted by atomic mass is 9.95. The lowest BCUT2D eigenvalue weighted by molar-refractivity contribution is 0.149. The number of aryl methyl sites for hydroxylation is 2. The summed E-state index contributed by atoms with van der Waals surface area (Å²) < 4.78 is 0. The third-order valence-electron chi connectivity index (χ3n) is 5.54. The molecule has 0 aromatic heterocycles. The molecule has 2 aliphatic carbocycles. The van der Waals surface area contributed by atoms with Gasteiger partial charge < -0.3 is 10.2 Å². The summed E-state index contributed by atoms with van der Waals surface area (Å²) in [6, 6.07) is 7.53. The van der Waals surface area contributed by atoms with Crippen molar-refractivity contribution in [3.8, 4) is 0 Å². The van der Waals surface area contributed by atoms with Crippen LogP contribution in [0.1, 0.15) is 54.8 Å². The van der Waals surface area contributed by atoms with Crippen molar-refractivity contribution in [1.82, 2.24) is 10.2 Å². The van der Waals surface area contributed by atoms with Gasteiger partial charge in [-0.1, -0.05) is 36.6 Å². The van der Waals surface area contributed by atoms with Crippen LogP contribution < -0.4 is 5.32 Å². The van der Waals surface area contributed by atoms with Crippen LogP contribution in [0.2, 0.25) is 0 Å². The normalized spacial score (nSPS) is 24.3. The highest BCUT2D eigenvalue weighted by Gasteiger charge is 2.36. The standard InChI is InChI=1S/C18H28N2/c1-14-6-7-15-8-9-17(16(15)12-14)19-13-18(20(2)3)10-4-5-11-18/h6-7,12,17,19H,4-5,8-11,13H2,1-3H3. The van der Waals surface area contributed by atoms with Crippen molar-refractivity contribution in [2.45, 2.75) is 57.0 Å². The van der Waals surface area contributed by atoms with Crippen molar-refractivity contribution in [3.05, 3.63) is 34.9 Å². The topological polar surface area (TPSA) is 15.3 Å². The summed E-state index contributed by atoms with van der Waals surface area (Å²) >= 11 is 0. The summed E-state index contributed by atoms with van der Waals surface area (Å²) in [7, 11) is 4.50. The molecule has 2 nitrogen and oxygen atoms in total. The second-order valence-electron chi connectivity index (χ2n) is 7.00. The second kappa shape index (κ2) is 5.50. The molecule has 0 aliphatic heterocycles. The maximum Gasteiger partial charge on any atom is 0.0328 e. The van der Waals surface area contributed by atoms with Gasteiger partial charge in [-0.05, 0) is 57.8 Å². The largest absolute Gasteiger partial charge is 0.308 e. The molecule has 0 saturated heterocycles. The van der Waals surface area contributed by atoms with Gasteiger partial charge in [0.15, 0.2) is 0 Å². The summed E-state index contributed by atoms with van der Waals surface area (Å²) in [4.78, 5) is 2.46. The molecule has 1 atom stereocenters. The number of likely N-dealkylation sites (N-methyl/N-ethyl adjacent to an activating group) is 1. The van der Waals surface area contributed by atoms with Crippen molar-refractivity contribution in [1.29, 1.82) is 0 Å². The van der Waals surface area contributed by atoms with E-state index in [1.807, 2.05) is 0 Å². The van der Waals surface area contributed by atoms with Crippen molar-refractivity contribution in [3.63, 3.8) is 0 Å². The van der Waals surface area contributed by atoms with E-state index in [0.717, 1.165) is 6.54 Å². The Bertz CT molecular complexity index is 472. The monoisotopic (exact) mass is 272 g/mol. The first-order chi connectivity index (χ1) is 9.61. The van der Waals surface area contributed by atoms with Crippen LogP contribution in [0.3, 0.4) is 0 Å². The minimum Gasteiger partial charge on any atom is -0.308 e. The third kappa shape index (κ3) is 2.51. The number of hydrogen-bond acceptors (Lipinski definition) is 2. The van der Waals surface area contributed by atoms with E-state index in [2.05, 4.69) is 49.4 Å². The molecular weight excluding hydrogens is 244 g/mol. The van der Waals surface area contributed by atoms with Crippen LogP contribution in [-0.4, -0.2) is 31.1 Å². The predicted octanol–water partition coefficient (Wildman–Crippen LogP) is 3.45. The Morgan fingerprint density at radius 1 is 1.25 bits per heavy atom. The zero-order chi connectivity index (χ0) is 14.2. The average Bonchev–Trinajstić information content (AvgIpc) is 3.03. The van der Waals surface area contributed by atoms with Crippen LogP contribution in [0.25, 0.3) is 0 Å². The van der Waals surface area contributed by atoms with Crippen LogP contribution in [0.15, 0.2) is 18.2 Å². The van der Waals surface area contributed by atoms with E-state index >= 15 is 0 Å². The minimum absolute atomic E-state index is 0.395. The van der Waals surface area contributed by atoms with Crippen LogP contribution in [0, 0.1) is 6.92 Å². The van der Waals surface area contributed by atoms with Crippen LogP contribution in [0.5, 0.6) is 0 Å². The SMILES string of the molecule is Cc1ccc2c(c1)C(NCC1(N(C)C)CCCC1)CC2. The number of fused-ring (bicyclic) bond motifs is 1. The van der Waals surface area contributed by atoms with Crippen molar-refractivity contribution in [2.75, 3.05) is 20.6 Å². The molecule has 2 heteroatoms. The number of nitrogens with zero attached hydrogens (tertiary/aromatic N) is 1. The Morgan fingerprint density at radius 2 is 2.00 bits per heavy atom. The first kappa shape index (κ1) is 14.1. The summed E-state index contributed by atoms with van der Waals surface area (Å²) in [5.74, 6) is 0. The first-order valence-electron chi connectivity index (χ1n) is 8.11. The van der Waals surface area contributed by atoms with Gasteiger partial charge in [-0.2, -0.15) is 0 Å². The average molecular weight is 272 g/mol. The van der Waals surface area contributed by atoms with E-state index in [1.54, 1.807) is 11.1 Å². The molecule has 3 rings (SSSR count). The molecule has 1 unspecified atom stereocenters. The summed E-state index contributed by atoms with van der Waals surface area (Å²) in [5, 5.41) is 3.89. The molecule has 0 bridgehead atoms. The fourth-order valence-electron chi connectivity index (χ4n) is 4.06. The lowest BCUT2D eigenvalue weighted by Gasteiger charge is -2.37. The van der Waals surface area contributed by atoms with Gasteiger partial charge >= 0.3 is 0 Å². The maximum absolute atomic E-state index is 3.89. The van der Waals surface area contributed by atoms with E-state index in [-0.39, 0.29) is 0 Å². The fourth-order valence-corrected chi connectivity index (χ4v) is 4.06. The van der Waals surface area contributed by atoms with Gasteiger partial charge in [0.1, 0.15) is 0 Å². The Labute approximate surface area is 123 Å². The maximum atomic E-state index is 3.89. The van der Waals surface area contributed by atoms with E-state index < -0.39 is 0 Å². The van der Waals surface area contributed by atoms with Crippen molar-refractivity contribution in [2.24, 2.45) is 0 Å². The lowest BCUT2D eigenvalue weighted by Crippen LogP contribution is -2.50. The van der Waals surface area contributed by atoms with Gasteiger partial charge in [-0.25, -0.2) is 0 Å². The van der Waals surface area contributed by atoms with Gasteiger partial charge in [-0.3, -0.25) is 0 Å². The Hall–Kier alpha value is -0.860. The molecule has 20 heavy (non-hydrogen) atoms. The molecule has 1 aromatic rings. The fraction of sp³-hybridized carbons (Fsp3) is 0.667. The highest BCUT2D eigenvalue weighted by Crippen LogP contribution is 2.36. The zero-order valence-electron chi connectivity index (χ0n) is 13.2. The quantitative estimate of drug-likeness (QED) is 0.903. The number of hydrogen-bond donors (Lipinski definition) is 1. The van der Waals surface area contributed by atoms with Crippen molar-refractivity contribution < 1.29 is 0 Å². The Balaban J connectivity index is 1.70. The zero-order valence-corrected chi connectivity index (χ0v) is 13.2. The third-order valence-corrected chi connectivity index (χ3v) is 5.54. The summed E-state index contributed by atoms with van der Waals surface area (Å²) in [6.07, 6.45) is 7.98. The second-order valence-corrected chi connectivity index (χ2v) is 7.00. The molecule has 0 heterocycles. The Morgan fingerprint density at radius 3 is 2.70 bits per heavy atom. The van der Waals surface area contributed by atoms with Gasteiger partial charge in [0.2, 0.25) is 0 Å². The predicted molar refractivity (Wildman–Crippen MR) is 85.1 cm³/mol. The van der Waals surface area contributed by atoms with Crippen LogP contribution in [-0.2, 0) is 6.42 Å². The van der Waals surface area contributed by atoms with Crippen LogP contribution >= 0.6 is 0 Å². The summed E-state index contributed by atoms with van der Waals surface area (Å²) in [5.41, 5.74) is 4.89. The molecule has 1 N–H and O–H groups in total. The highest BCUT2D eigenvalue weighted by atomic mass is 15.2. The first-order valence-corrected chi connectivity index (χ1v) is 8.11. The van der Waals surface area contributed by atoms with Crippen LogP contribution in [0.4, 0.5) is 0 Å². The molecule has 1 aromatic carbocycles. The Kier molecular flexibility index (Phi) is 3.87. The van der Waals surface area contributed by atoms with E-state index in [4.69, 9.17) is 0 Å². The van der Waals surface area contributed by atoms with Gasteiger partial charge in [0.25, 0.3) is 0 Å². The molecule has 1 saturated carbocycles. The molecule has 0 spiro atoms. The van der Waals surface area contributed by atoms with Gasteiger partial charge in [0.05, 0.1) is 0 Å².